The third-order valence-corrected chi connectivity index (χ3v) is 5.55. The highest BCUT2D eigenvalue weighted by Gasteiger charge is 2.25. The lowest BCUT2D eigenvalue weighted by Crippen LogP contribution is -2.31. The molecule has 2 N–H and O–H groups in total. The van der Waals surface area contributed by atoms with Crippen molar-refractivity contribution in [2.75, 3.05) is 7.11 Å². The van der Waals surface area contributed by atoms with Crippen LogP contribution in [0.25, 0.3) is 5.69 Å². The number of nitrogens with zero attached hydrogens (tertiary/aromatic N) is 4. The monoisotopic (exact) mass is 445 g/mol. The van der Waals surface area contributed by atoms with Gasteiger partial charge in [0.1, 0.15) is 17.6 Å². The minimum absolute atomic E-state index is 0.0577. The van der Waals surface area contributed by atoms with Crippen molar-refractivity contribution in [1.29, 1.82) is 0 Å². The van der Waals surface area contributed by atoms with Gasteiger partial charge in [-0.1, -0.05) is 38.1 Å². The predicted octanol–water partition coefficient (Wildman–Crippen LogP) is 3.96. The molecule has 0 spiro atoms. The number of ether oxygens (including phenoxy) is 1. The highest BCUT2D eigenvalue weighted by Crippen LogP contribution is 2.26. The minimum Gasteiger partial charge on any atom is -0.504 e. The first-order chi connectivity index (χ1) is 15.9. The van der Waals surface area contributed by atoms with Gasteiger partial charge in [-0.25, -0.2) is 9.67 Å². The van der Waals surface area contributed by atoms with Crippen molar-refractivity contribution in [2.24, 2.45) is 7.05 Å². The largest absolute Gasteiger partial charge is 0.504 e. The molecule has 0 saturated heterocycles. The SMILES string of the molecule is COc1ccc([C@@H](NC(=O)c2nn(-c3cccc(C(C)C)c3)cc2O)c2nccn2C)cc1. The van der Waals surface area contributed by atoms with Gasteiger partial charge in [0.25, 0.3) is 5.91 Å². The van der Waals surface area contributed by atoms with E-state index < -0.39 is 11.9 Å². The molecule has 2 aromatic carbocycles. The van der Waals surface area contributed by atoms with Gasteiger partial charge in [-0.2, -0.15) is 5.10 Å². The Bertz CT molecular complexity index is 1260. The number of amides is 1. The lowest BCUT2D eigenvalue weighted by Gasteiger charge is -2.19. The quantitative estimate of drug-likeness (QED) is 0.449. The summed E-state index contributed by atoms with van der Waals surface area (Å²) in [7, 11) is 3.46. The van der Waals surface area contributed by atoms with E-state index in [1.165, 1.54) is 10.9 Å². The summed E-state index contributed by atoms with van der Waals surface area (Å²) in [4.78, 5) is 17.6. The van der Waals surface area contributed by atoms with Crippen molar-refractivity contribution >= 4 is 5.91 Å². The van der Waals surface area contributed by atoms with Gasteiger partial charge < -0.3 is 19.7 Å². The van der Waals surface area contributed by atoms with Gasteiger partial charge in [-0.15, -0.1) is 0 Å². The van der Waals surface area contributed by atoms with Crippen LogP contribution in [0.2, 0.25) is 0 Å². The maximum atomic E-state index is 13.2. The average molecular weight is 446 g/mol. The van der Waals surface area contributed by atoms with Crippen LogP contribution in [0.4, 0.5) is 0 Å². The van der Waals surface area contributed by atoms with Crippen molar-refractivity contribution in [3.05, 3.63) is 89.8 Å². The molecule has 8 nitrogen and oxygen atoms in total. The van der Waals surface area contributed by atoms with Gasteiger partial charge in [0.2, 0.25) is 0 Å². The average Bonchev–Trinajstić information content (AvgIpc) is 3.43. The van der Waals surface area contributed by atoms with Gasteiger partial charge in [0.15, 0.2) is 11.4 Å². The van der Waals surface area contributed by atoms with E-state index in [1.807, 2.05) is 66.3 Å². The Labute approximate surface area is 192 Å². The lowest BCUT2D eigenvalue weighted by molar-refractivity contribution is 0.0933. The Morgan fingerprint density at radius 3 is 2.52 bits per heavy atom. The second kappa shape index (κ2) is 9.20. The number of hydrogen-bond acceptors (Lipinski definition) is 5. The molecule has 2 aromatic heterocycles. The fourth-order valence-electron chi connectivity index (χ4n) is 3.63. The number of carbonyl (C=O) groups excluding carboxylic acids is 1. The van der Waals surface area contributed by atoms with Gasteiger partial charge in [0.05, 0.1) is 19.0 Å². The van der Waals surface area contributed by atoms with E-state index in [9.17, 15) is 9.90 Å². The molecule has 0 aliphatic carbocycles. The Kier molecular flexibility index (Phi) is 6.17. The number of aromatic nitrogens is 4. The maximum absolute atomic E-state index is 13.2. The molecule has 1 amide bonds. The molecule has 0 aliphatic heterocycles. The van der Waals surface area contributed by atoms with Crippen LogP contribution < -0.4 is 10.1 Å². The molecule has 0 bridgehead atoms. The summed E-state index contributed by atoms with van der Waals surface area (Å²) in [6.07, 6.45) is 4.93. The van der Waals surface area contributed by atoms with E-state index in [-0.39, 0.29) is 11.4 Å². The Balaban J connectivity index is 1.65. The molecule has 0 unspecified atom stereocenters. The van der Waals surface area contributed by atoms with E-state index >= 15 is 0 Å². The molecule has 0 saturated carbocycles. The van der Waals surface area contributed by atoms with Crippen LogP contribution in [-0.2, 0) is 7.05 Å². The molecule has 2 heterocycles. The van der Waals surface area contributed by atoms with Crippen LogP contribution in [0, 0.1) is 0 Å². The molecule has 170 valence electrons. The van der Waals surface area contributed by atoms with Gasteiger partial charge >= 0.3 is 0 Å². The fraction of sp³-hybridized carbons (Fsp3) is 0.240. The van der Waals surface area contributed by atoms with Gasteiger partial charge in [-0.05, 0) is 41.3 Å². The number of methoxy groups -OCH3 is 1. The van der Waals surface area contributed by atoms with Crippen molar-refractivity contribution < 1.29 is 14.6 Å². The highest BCUT2D eigenvalue weighted by atomic mass is 16.5. The van der Waals surface area contributed by atoms with Crippen LogP contribution in [0.15, 0.2) is 67.1 Å². The Morgan fingerprint density at radius 1 is 1.12 bits per heavy atom. The van der Waals surface area contributed by atoms with Crippen molar-refractivity contribution in [2.45, 2.75) is 25.8 Å². The first kappa shape index (κ1) is 22.1. The second-order valence-corrected chi connectivity index (χ2v) is 8.13. The number of aromatic hydroxyl groups is 1. The molecular weight excluding hydrogens is 418 g/mol. The fourth-order valence-corrected chi connectivity index (χ4v) is 3.63. The first-order valence-corrected chi connectivity index (χ1v) is 10.7. The third kappa shape index (κ3) is 4.59. The van der Waals surface area contributed by atoms with E-state index in [1.54, 1.807) is 13.3 Å². The van der Waals surface area contributed by atoms with Crippen LogP contribution in [-0.4, -0.2) is 37.5 Å². The van der Waals surface area contributed by atoms with Crippen molar-refractivity contribution in [3.8, 4) is 17.2 Å². The van der Waals surface area contributed by atoms with E-state index in [4.69, 9.17) is 4.74 Å². The zero-order chi connectivity index (χ0) is 23.5. The molecule has 4 aromatic rings. The maximum Gasteiger partial charge on any atom is 0.276 e. The van der Waals surface area contributed by atoms with Gasteiger partial charge in [0, 0.05) is 19.4 Å². The zero-order valence-corrected chi connectivity index (χ0v) is 19.1. The van der Waals surface area contributed by atoms with E-state index in [0.29, 0.717) is 17.5 Å². The molecule has 0 fully saturated rings. The second-order valence-electron chi connectivity index (χ2n) is 8.13. The number of carbonyl (C=O) groups is 1. The number of benzene rings is 2. The molecule has 4 rings (SSSR count). The van der Waals surface area contributed by atoms with Crippen LogP contribution in [0.3, 0.4) is 0 Å². The van der Waals surface area contributed by atoms with Crippen molar-refractivity contribution in [3.63, 3.8) is 0 Å². The third-order valence-electron chi connectivity index (χ3n) is 5.55. The minimum atomic E-state index is -0.544. The molecular formula is C25H27N5O3. The van der Waals surface area contributed by atoms with Crippen molar-refractivity contribution in [1.82, 2.24) is 24.6 Å². The summed E-state index contributed by atoms with van der Waals surface area (Å²) in [6, 6.07) is 14.7. The van der Waals surface area contributed by atoms with Crippen LogP contribution >= 0.6 is 0 Å². The van der Waals surface area contributed by atoms with Gasteiger partial charge in [-0.3, -0.25) is 4.79 Å². The molecule has 0 aliphatic rings. The predicted molar refractivity (Wildman–Crippen MR) is 125 cm³/mol. The number of rotatable bonds is 7. The highest BCUT2D eigenvalue weighted by molar-refractivity contribution is 5.95. The van der Waals surface area contributed by atoms with E-state index in [2.05, 4.69) is 29.2 Å². The molecule has 0 radical (unpaired) electrons. The topological polar surface area (TPSA) is 94.2 Å². The number of nitrogens with one attached hydrogen (secondary N) is 1. The first-order valence-electron chi connectivity index (χ1n) is 10.7. The zero-order valence-electron chi connectivity index (χ0n) is 19.1. The molecule has 1 atom stereocenters. The van der Waals surface area contributed by atoms with Crippen LogP contribution in [0.5, 0.6) is 11.5 Å². The number of imidazole rings is 1. The lowest BCUT2D eigenvalue weighted by atomic mass is 10.0. The number of hydrogen-bond donors (Lipinski definition) is 2. The summed E-state index contributed by atoms with van der Waals surface area (Å²) in [5.74, 6) is 1.01. The van der Waals surface area contributed by atoms with Crippen LogP contribution in [0.1, 0.15) is 53.2 Å². The summed E-state index contributed by atoms with van der Waals surface area (Å²) < 4.78 is 8.59. The Hall–Kier alpha value is -4.07. The Morgan fingerprint density at radius 2 is 1.88 bits per heavy atom. The summed E-state index contributed by atoms with van der Waals surface area (Å²) in [6.45, 7) is 4.21. The van der Waals surface area contributed by atoms with E-state index in [0.717, 1.165) is 16.8 Å². The smallest absolute Gasteiger partial charge is 0.276 e. The summed E-state index contributed by atoms with van der Waals surface area (Å²) in [5.41, 5.74) is 2.67. The molecule has 8 heteroatoms. The summed E-state index contributed by atoms with van der Waals surface area (Å²) >= 11 is 0. The normalized spacial score (nSPS) is 12.0. The molecule has 33 heavy (non-hydrogen) atoms. The summed E-state index contributed by atoms with van der Waals surface area (Å²) in [5, 5.41) is 17.8. The standard InChI is InChI=1S/C25H27N5O3/c1-16(2)18-6-5-7-19(14-18)30-15-21(31)23(28-30)25(32)27-22(24-26-12-13-29(24)3)17-8-10-20(33-4)11-9-17/h5-16,22,31H,1-4H3,(H,27,32)/t22-/m1/s1. The number of aryl methyl sites for hydroxylation is 1.